The number of ether oxygens (including phenoxy) is 1. The highest BCUT2D eigenvalue weighted by atomic mass is 79.9. The third-order valence-electron chi connectivity index (χ3n) is 2.97. The maximum Gasteiger partial charge on any atom is 0.417 e. The summed E-state index contributed by atoms with van der Waals surface area (Å²) in [7, 11) is 0. The highest BCUT2D eigenvalue weighted by Gasteiger charge is 2.10. The van der Waals surface area contributed by atoms with E-state index in [-0.39, 0.29) is 0 Å². The zero-order valence-electron chi connectivity index (χ0n) is 11.2. The van der Waals surface area contributed by atoms with Gasteiger partial charge in [-0.05, 0) is 46.3 Å². The summed E-state index contributed by atoms with van der Waals surface area (Å²) in [5.41, 5.74) is 1.27. The molecule has 0 saturated heterocycles. The summed E-state index contributed by atoms with van der Waals surface area (Å²) >= 11 is 6.75. The zero-order valence-corrected chi connectivity index (χ0v) is 14.4. The number of halogens is 2. The number of anilines is 1. The first-order valence-electron chi connectivity index (χ1n) is 6.41. The molecule has 1 aromatic heterocycles. The molecule has 110 valence electrons. The van der Waals surface area contributed by atoms with Crippen molar-refractivity contribution in [1.82, 2.24) is 4.98 Å². The molecule has 0 aliphatic carbocycles. The predicted octanol–water partition coefficient (Wildman–Crippen LogP) is 5.37. The van der Waals surface area contributed by atoms with Gasteiger partial charge in [0.25, 0.3) is 0 Å². The summed E-state index contributed by atoms with van der Waals surface area (Å²) in [5.74, 6) is 0.420. The van der Waals surface area contributed by atoms with Gasteiger partial charge in [-0.25, -0.2) is 4.79 Å². The highest BCUT2D eigenvalue weighted by Crippen LogP contribution is 2.27. The molecule has 0 atom stereocenters. The monoisotopic (exact) mass is 420 g/mol. The van der Waals surface area contributed by atoms with E-state index in [1.165, 1.54) is 0 Å². The maximum atomic E-state index is 12.1. The molecule has 0 spiro atoms. The fourth-order valence-electron chi connectivity index (χ4n) is 1.98. The lowest BCUT2D eigenvalue weighted by Crippen LogP contribution is -2.17. The van der Waals surface area contributed by atoms with Crippen LogP contribution in [0.25, 0.3) is 10.9 Å². The summed E-state index contributed by atoms with van der Waals surface area (Å²) in [6.07, 6.45) is 1.10. The molecule has 3 rings (SSSR count). The Balaban J connectivity index is 1.81. The number of carbonyl (C=O) groups excluding carboxylic acids is 1. The van der Waals surface area contributed by atoms with E-state index in [4.69, 9.17) is 4.74 Å². The fraction of sp³-hybridized carbons (Fsp3) is 0. The first kappa shape index (κ1) is 15.0. The number of hydrogen-bond donors (Lipinski definition) is 1. The van der Waals surface area contributed by atoms with E-state index < -0.39 is 6.09 Å². The van der Waals surface area contributed by atoms with Gasteiger partial charge >= 0.3 is 6.09 Å². The van der Waals surface area contributed by atoms with Crippen molar-refractivity contribution < 1.29 is 9.53 Å². The SMILES string of the molecule is O=C(Nc1ccc(Br)cc1Br)Oc1cccc2cccnc12. The fourth-order valence-corrected chi connectivity index (χ4v) is 3.13. The molecule has 0 saturated carbocycles. The largest absolute Gasteiger partial charge is 0.417 e. The van der Waals surface area contributed by atoms with Gasteiger partial charge < -0.3 is 4.74 Å². The molecule has 0 bridgehead atoms. The lowest BCUT2D eigenvalue weighted by molar-refractivity contribution is 0.215. The Morgan fingerprint density at radius 2 is 1.91 bits per heavy atom. The number of carbonyl (C=O) groups is 1. The summed E-state index contributed by atoms with van der Waals surface area (Å²) in [4.78, 5) is 16.3. The van der Waals surface area contributed by atoms with Crippen LogP contribution in [-0.2, 0) is 0 Å². The minimum atomic E-state index is -0.568. The molecule has 1 amide bonds. The van der Waals surface area contributed by atoms with Gasteiger partial charge in [0.05, 0.1) is 5.69 Å². The number of nitrogens with one attached hydrogen (secondary N) is 1. The van der Waals surface area contributed by atoms with E-state index in [2.05, 4.69) is 42.2 Å². The molecule has 3 aromatic rings. The van der Waals surface area contributed by atoms with Crippen LogP contribution in [0.4, 0.5) is 10.5 Å². The molecule has 1 heterocycles. The van der Waals surface area contributed by atoms with Gasteiger partial charge in [-0.2, -0.15) is 0 Å². The molecule has 6 heteroatoms. The van der Waals surface area contributed by atoms with Crippen molar-refractivity contribution in [3.05, 3.63) is 63.7 Å². The van der Waals surface area contributed by atoms with Crippen LogP contribution in [0.2, 0.25) is 0 Å². The Labute approximate surface area is 143 Å². The Morgan fingerprint density at radius 3 is 2.73 bits per heavy atom. The van der Waals surface area contributed by atoms with Crippen LogP contribution in [0, 0.1) is 0 Å². The number of hydrogen-bond acceptors (Lipinski definition) is 3. The molecule has 0 radical (unpaired) electrons. The van der Waals surface area contributed by atoms with Crippen molar-refractivity contribution in [3.63, 3.8) is 0 Å². The number of aromatic nitrogens is 1. The van der Waals surface area contributed by atoms with Crippen LogP contribution in [0.5, 0.6) is 5.75 Å². The molecular formula is C16H10Br2N2O2. The van der Waals surface area contributed by atoms with E-state index in [1.807, 2.05) is 36.4 Å². The van der Waals surface area contributed by atoms with Crippen molar-refractivity contribution in [2.75, 3.05) is 5.32 Å². The molecule has 0 fully saturated rings. The van der Waals surface area contributed by atoms with Gasteiger partial charge in [0, 0.05) is 20.5 Å². The topological polar surface area (TPSA) is 51.2 Å². The minimum Gasteiger partial charge on any atom is -0.408 e. The summed E-state index contributed by atoms with van der Waals surface area (Å²) < 4.78 is 7.04. The second-order valence-electron chi connectivity index (χ2n) is 4.47. The van der Waals surface area contributed by atoms with Gasteiger partial charge in [-0.1, -0.05) is 34.1 Å². The lowest BCUT2D eigenvalue weighted by atomic mass is 10.2. The number of para-hydroxylation sites is 1. The second kappa shape index (κ2) is 6.46. The normalized spacial score (nSPS) is 10.5. The zero-order chi connectivity index (χ0) is 15.5. The van der Waals surface area contributed by atoms with Crippen LogP contribution in [-0.4, -0.2) is 11.1 Å². The van der Waals surface area contributed by atoms with Crippen molar-refractivity contribution >= 4 is 54.5 Å². The van der Waals surface area contributed by atoms with E-state index in [0.29, 0.717) is 17.0 Å². The number of nitrogens with zero attached hydrogens (tertiary/aromatic N) is 1. The van der Waals surface area contributed by atoms with E-state index in [0.717, 1.165) is 14.3 Å². The Bertz CT molecular complexity index is 847. The number of fused-ring (bicyclic) bond motifs is 1. The number of rotatable bonds is 2. The Hall–Kier alpha value is -1.92. The highest BCUT2D eigenvalue weighted by molar-refractivity contribution is 9.11. The summed E-state index contributed by atoms with van der Waals surface area (Å²) in [5, 5.41) is 3.61. The van der Waals surface area contributed by atoms with Crippen LogP contribution in [0.15, 0.2) is 63.7 Å². The molecule has 2 aromatic carbocycles. The quantitative estimate of drug-likeness (QED) is 0.605. The van der Waals surface area contributed by atoms with Gasteiger partial charge in [-0.15, -0.1) is 0 Å². The maximum absolute atomic E-state index is 12.1. The van der Waals surface area contributed by atoms with Crippen LogP contribution >= 0.6 is 31.9 Å². The summed E-state index contributed by atoms with van der Waals surface area (Å²) in [6.45, 7) is 0. The standard InChI is InChI=1S/C16H10Br2N2O2/c17-11-6-7-13(12(18)9-11)20-16(21)22-14-5-1-3-10-4-2-8-19-15(10)14/h1-9H,(H,20,21). The van der Waals surface area contributed by atoms with E-state index in [1.54, 1.807) is 18.3 Å². The van der Waals surface area contributed by atoms with Crippen LogP contribution in [0.1, 0.15) is 0 Å². The first-order valence-corrected chi connectivity index (χ1v) is 8.00. The number of benzene rings is 2. The minimum absolute atomic E-state index is 0.420. The first-order chi connectivity index (χ1) is 10.6. The molecule has 0 aliphatic heterocycles. The molecule has 0 unspecified atom stereocenters. The lowest BCUT2D eigenvalue weighted by Gasteiger charge is -2.09. The van der Waals surface area contributed by atoms with Crippen molar-refractivity contribution in [1.29, 1.82) is 0 Å². The Morgan fingerprint density at radius 1 is 1.09 bits per heavy atom. The third kappa shape index (κ3) is 3.28. The average Bonchev–Trinajstić information content (AvgIpc) is 2.50. The number of amides is 1. The van der Waals surface area contributed by atoms with Crippen LogP contribution in [0.3, 0.4) is 0 Å². The molecular weight excluding hydrogens is 412 g/mol. The van der Waals surface area contributed by atoms with Crippen molar-refractivity contribution in [2.24, 2.45) is 0 Å². The van der Waals surface area contributed by atoms with Crippen molar-refractivity contribution in [2.45, 2.75) is 0 Å². The smallest absolute Gasteiger partial charge is 0.408 e. The Kier molecular flexibility index (Phi) is 4.40. The average molecular weight is 422 g/mol. The predicted molar refractivity (Wildman–Crippen MR) is 93.2 cm³/mol. The number of pyridine rings is 1. The molecule has 4 nitrogen and oxygen atoms in total. The van der Waals surface area contributed by atoms with E-state index >= 15 is 0 Å². The molecule has 1 N–H and O–H groups in total. The molecule has 0 aliphatic rings. The van der Waals surface area contributed by atoms with Gasteiger partial charge in [-0.3, -0.25) is 10.3 Å². The molecule has 22 heavy (non-hydrogen) atoms. The third-order valence-corrected chi connectivity index (χ3v) is 4.12. The van der Waals surface area contributed by atoms with Crippen LogP contribution < -0.4 is 10.1 Å². The van der Waals surface area contributed by atoms with E-state index in [9.17, 15) is 4.79 Å². The van der Waals surface area contributed by atoms with Gasteiger partial charge in [0.15, 0.2) is 5.75 Å². The summed E-state index contributed by atoms with van der Waals surface area (Å²) in [6, 6.07) is 14.7. The van der Waals surface area contributed by atoms with Crippen molar-refractivity contribution in [3.8, 4) is 5.75 Å². The van der Waals surface area contributed by atoms with Gasteiger partial charge in [0.1, 0.15) is 5.52 Å². The van der Waals surface area contributed by atoms with Gasteiger partial charge in [0.2, 0.25) is 0 Å². The second-order valence-corrected chi connectivity index (χ2v) is 6.24.